The van der Waals surface area contributed by atoms with Gasteiger partial charge in [0.05, 0.1) is 30.9 Å². The molecule has 0 aromatic rings. The van der Waals surface area contributed by atoms with Crippen molar-refractivity contribution >= 4 is 13.0 Å². The van der Waals surface area contributed by atoms with E-state index in [1.807, 2.05) is 54.5 Å². The average Bonchev–Trinajstić information content (AvgIpc) is 2.40. The van der Waals surface area contributed by atoms with Gasteiger partial charge in [-0.3, -0.25) is 4.84 Å². The minimum Gasteiger partial charge on any atom is -0.442 e. The Morgan fingerprint density at radius 2 is 1.91 bits per heavy atom. The molecule has 0 radical (unpaired) electrons. The van der Waals surface area contributed by atoms with Crippen LogP contribution in [0.5, 0.6) is 0 Å². The lowest BCUT2D eigenvalue weighted by Gasteiger charge is -2.48. The predicted octanol–water partition coefficient (Wildman–Crippen LogP) is 2.77. The average molecular weight is 325 g/mol. The second kappa shape index (κ2) is 6.11. The summed E-state index contributed by atoms with van der Waals surface area (Å²) in [6.45, 7) is 14.5. The summed E-state index contributed by atoms with van der Waals surface area (Å²) in [4.78, 5) is 17.5. The van der Waals surface area contributed by atoms with Crippen molar-refractivity contribution in [3.8, 4) is 0 Å². The number of carbonyl (C=O) groups is 1. The SMILES string of the molecule is CC(C)(C)OC(=O)N1CC=C(B2COC(C)(C)C(C)(C)O2)CO1. The van der Waals surface area contributed by atoms with E-state index in [0.29, 0.717) is 19.7 Å². The number of hydroxylamine groups is 2. The molecule has 1 amide bonds. The number of rotatable bonds is 1. The van der Waals surface area contributed by atoms with E-state index in [1.165, 1.54) is 5.06 Å². The van der Waals surface area contributed by atoms with Gasteiger partial charge in [-0.25, -0.2) is 4.79 Å². The zero-order chi connectivity index (χ0) is 17.5. The molecule has 0 bridgehead atoms. The molecule has 0 aromatic carbocycles. The molecule has 2 rings (SSSR count). The summed E-state index contributed by atoms with van der Waals surface area (Å²) in [6, 6.07) is 0. The van der Waals surface area contributed by atoms with Crippen molar-refractivity contribution in [1.29, 1.82) is 0 Å². The summed E-state index contributed by atoms with van der Waals surface area (Å²) in [5.41, 5.74) is -0.296. The van der Waals surface area contributed by atoms with Gasteiger partial charge in [0.25, 0.3) is 0 Å². The lowest BCUT2D eigenvalue weighted by atomic mass is 9.58. The molecule has 1 saturated heterocycles. The highest BCUT2D eigenvalue weighted by atomic mass is 16.7. The number of amides is 1. The molecule has 0 N–H and O–H groups in total. The van der Waals surface area contributed by atoms with E-state index in [-0.39, 0.29) is 12.5 Å². The second-order valence-corrected chi connectivity index (χ2v) is 8.03. The van der Waals surface area contributed by atoms with Gasteiger partial charge in [0.2, 0.25) is 0 Å². The molecule has 2 heterocycles. The monoisotopic (exact) mass is 325 g/mol. The molecule has 1 fully saturated rings. The predicted molar refractivity (Wildman–Crippen MR) is 87.9 cm³/mol. The number of ether oxygens (including phenoxy) is 2. The van der Waals surface area contributed by atoms with Crippen LogP contribution in [0.4, 0.5) is 4.79 Å². The lowest BCUT2D eigenvalue weighted by Crippen LogP contribution is -2.59. The van der Waals surface area contributed by atoms with Crippen LogP contribution in [0, 0.1) is 0 Å². The Labute approximate surface area is 139 Å². The maximum Gasteiger partial charge on any atom is 0.434 e. The Balaban J connectivity index is 1.96. The first kappa shape index (κ1) is 18.3. The number of hydrogen-bond donors (Lipinski definition) is 0. The van der Waals surface area contributed by atoms with Gasteiger partial charge in [0, 0.05) is 0 Å². The van der Waals surface area contributed by atoms with Crippen molar-refractivity contribution in [1.82, 2.24) is 5.06 Å². The Hall–Kier alpha value is -1.05. The first-order chi connectivity index (χ1) is 10.4. The van der Waals surface area contributed by atoms with Crippen LogP contribution in [0.15, 0.2) is 11.5 Å². The highest BCUT2D eigenvalue weighted by Crippen LogP contribution is 2.35. The van der Waals surface area contributed by atoms with Crippen molar-refractivity contribution in [2.45, 2.75) is 65.3 Å². The third kappa shape index (κ3) is 4.28. The van der Waals surface area contributed by atoms with Gasteiger partial charge in [0.1, 0.15) is 5.60 Å². The summed E-state index contributed by atoms with van der Waals surface area (Å²) in [6.07, 6.45) is 1.48. The first-order valence-electron chi connectivity index (χ1n) is 8.05. The summed E-state index contributed by atoms with van der Waals surface area (Å²) < 4.78 is 17.5. The molecule has 7 heteroatoms. The van der Waals surface area contributed by atoms with E-state index in [2.05, 4.69) is 0 Å². The summed E-state index contributed by atoms with van der Waals surface area (Å²) in [7, 11) is 0. The quantitative estimate of drug-likeness (QED) is 0.694. The normalized spacial score (nSPS) is 24.2. The molecular formula is C16H28BNO5. The minimum absolute atomic E-state index is 0.154. The number of nitrogens with zero attached hydrogens (tertiary/aromatic N) is 1. The largest absolute Gasteiger partial charge is 0.442 e. The molecule has 0 saturated carbocycles. The van der Waals surface area contributed by atoms with Gasteiger partial charge >= 0.3 is 13.0 Å². The van der Waals surface area contributed by atoms with Gasteiger partial charge in [-0.05, 0) is 53.9 Å². The van der Waals surface area contributed by atoms with Crippen molar-refractivity contribution in [3.05, 3.63) is 11.5 Å². The molecule has 0 unspecified atom stereocenters. The lowest BCUT2D eigenvalue weighted by molar-refractivity contribution is -0.157. The van der Waals surface area contributed by atoms with Crippen LogP contribution in [-0.4, -0.2) is 54.5 Å². The fourth-order valence-electron chi connectivity index (χ4n) is 2.30. The van der Waals surface area contributed by atoms with E-state index >= 15 is 0 Å². The minimum atomic E-state index is -0.541. The Bertz CT molecular complexity index is 495. The third-order valence-corrected chi connectivity index (χ3v) is 4.40. The van der Waals surface area contributed by atoms with E-state index in [9.17, 15) is 4.79 Å². The van der Waals surface area contributed by atoms with Gasteiger partial charge in [-0.1, -0.05) is 6.08 Å². The van der Waals surface area contributed by atoms with Crippen molar-refractivity contribution in [2.75, 3.05) is 19.7 Å². The molecule has 2 aliphatic heterocycles. The van der Waals surface area contributed by atoms with Crippen LogP contribution >= 0.6 is 0 Å². The topological polar surface area (TPSA) is 57.2 Å². The van der Waals surface area contributed by atoms with E-state index in [4.69, 9.17) is 19.0 Å². The summed E-state index contributed by atoms with van der Waals surface area (Å²) >= 11 is 0. The summed E-state index contributed by atoms with van der Waals surface area (Å²) in [5.74, 6) is 0. The zero-order valence-corrected chi connectivity index (χ0v) is 15.3. The highest BCUT2D eigenvalue weighted by molar-refractivity contribution is 6.60. The van der Waals surface area contributed by atoms with Crippen molar-refractivity contribution < 1.29 is 23.8 Å². The van der Waals surface area contributed by atoms with Crippen LogP contribution in [0.3, 0.4) is 0 Å². The van der Waals surface area contributed by atoms with Crippen LogP contribution in [0.2, 0.25) is 0 Å². The molecule has 0 aliphatic carbocycles. The van der Waals surface area contributed by atoms with Gasteiger partial charge in [-0.2, -0.15) is 5.06 Å². The molecule has 2 aliphatic rings. The van der Waals surface area contributed by atoms with E-state index < -0.39 is 17.3 Å². The van der Waals surface area contributed by atoms with Crippen molar-refractivity contribution in [3.63, 3.8) is 0 Å². The van der Waals surface area contributed by atoms with Crippen LogP contribution in [-0.2, 0) is 19.0 Å². The van der Waals surface area contributed by atoms with Crippen LogP contribution < -0.4 is 0 Å². The van der Waals surface area contributed by atoms with Gasteiger partial charge in [0.15, 0.2) is 0 Å². The summed E-state index contributed by atoms with van der Waals surface area (Å²) in [5, 5.41) is 1.23. The first-order valence-corrected chi connectivity index (χ1v) is 8.05. The molecule has 0 atom stereocenters. The number of hydrogen-bond acceptors (Lipinski definition) is 5. The fourth-order valence-corrected chi connectivity index (χ4v) is 2.30. The molecule has 6 nitrogen and oxygen atoms in total. The molecule has 23 heavy (non-hydrogen) atoms. The molecule has 0 spiro atoms. The number of carbonyl (C=O) groups excluding carboxylic acids is 1. The van der Waals surface area contributed by atoms with Gasteiger partial charge < -0.3 is 14.1 Å². The molecule has 130 valence electrons. The Morgan fingerprint density at radius 1 is 1.26 bits per heavy atom. The molecule has 0 aromatic heterocycles. The maximum atomic E-state index is 12.0. The zero-order valence-electron chi connectivity index (χ0n) is 15.3. The highest BCUT2D eigenvalue weighted by Gasteiger charge is 2.47. The van der Waals surface area contributed by atoms with Gasteiger partial charge in [-0.15, -0.1) is 0 Å². The standard InChI is InChI=1S/C16H28BNO5/c1-14(2,3)22-13(19)18-9-8-12(10-21-18)17-11-20-15(4,5)16(6,7)23-17/h8H,9-11H2,1-7H3. The third-order valence-electron chi connectivity index (χ3n) is 4.40. The Morgan fingerprint density at radius 3 is 2.39 bits per heavy atom. The fraction of sp³-hybridized carbons (Fsp3) is 0.812. The Kier molecular flexibility index (Phi) is 4.86. The second-order valence-electron chi connectivity index (χ2n) is 8.03. The van der Waals surface area contributed by atoms with Crippen LogP contribution in [0.25, 0.3) is 0 Å². The smallest absolute Gasteiger partial charge is 0.434 e. The van der Waals surface area contributed by atoms with Crippen LogP contribution in [0.1, 0.15) is 48.5 Å². The van der Waals surface area contributed by atoms with Crippen molar-refractivity contribution in [2.24, 2.45) is 0 Å². The maximum absolute atomic E-state index is 12.0. The molecular weight excluding hydrogens is 297 g/mol. The van der Waals surface area contributed by atoms with E-state index in [0.717, 1.165) is 5.47 Å². The van der Waals surface area contributed by atoms with E-state index in [1.54, 1.807) is 0 Å².